The molecule has 12 rings (SSSR count). The second-order valence-corrected chi connectivity index (χ2v) is 23.8. The second-order valence-electron chi connectivity index (χ2n) is 23.8. The van der Waals surface area contributed by atoms with E-state index in [9.17, 15) is 0 Å². The summed E-state index contributed by atoms with van der Waals surface area (Å²) in [5.41, 5.74) is 26.3. The Bertz CT molecular complexity index is 3670. The van der Waals surface area contributed by atoms with Crippen LogP contribution in [-0.2, 0) is 21.7 Å². The molecule has 0 N–H and O–H groups in total. The van der Waals surface area contributed by atoms with Gasteiger partial charge in [-0.2, -0.15) is 0 Å². The maximum atomic E-state index is 2.51. The van der Waals surface area contributed by atoms with Crippen LogP contribution in [0.5, 0.6) is 0 Å². The van der Waals surface area contributed by atoms with Crippen LogP contribution in [0.3, 0.4) is 0 Å². The van der Waals surface area contributed by atoms with Crippen molar-refractivity contribution < 1.29 is 0 Å². The van der Waals surface area contributed by atoms with Crippen molar-refractivity contribution in [1.82, 2.24) is 0 Å². The van der Waals surface area contributed by atoms with E-state index in [2.05, 4.69) is 286 Å². The molecule has 0 saturated carbocycles. The van der Waals surface area contributed by atoms with Gasteiger partial charge in [-0.15, -0.1) is 0 Å². The van der Waals surface area contributed by atoms with Crippen molar-refractivity contribution in [2.45, 2.75) is 90.9 Å². The smallest absolute Gasteiger partial charge is 0.0467 e. The summed E-state index contributed by atoms with van der Waals surface area (Å²) in [7, 11) is 0. The van der Waals surface area contributed by atoms with E-state index in [1.54, 1.807) is 0 Å². The topological polar surface area (TPSA) is 3.24 Å². The van der Waals surface area contributed by atoms with Gasteiger partial charge in [-0.1, -0.05) is 239 Å². The lowest BCUT2D eigenvalue weighted by molar-refractivity contribution is 0.569. The summed E-state index contributed by atoms with van der Waals surface area (Å²) >= 11 is 0. The molecule has 0 aliphatic heterocycles. The number of nitrogens with zero attached hydrogens (tertiary/aromatic N) is 1. The molecule has 0 radical (unpaired) electrons. The van der Waals surface area contributed by atoms with Crippen LogP contribution >= 0.6 is 0 Å². The number of fused-ring (bicyclic) bond motifs is 7. The molecule has 0 amide bonds. The average molecular weight is 944 g/mol. The molecule has 73 heavy (non-hydrogen) atoms. The lowest BCUT2D eigenvalue weighted by atomic mass is 9.78. The van der Waals surface area contributed by atoms with Crippen LogP contribution in [0, 0.1) is 0 Å². The van der Waals surface area contributed by atoms with Gasteiger partial charge < -0.3 is 4.90 Å². The summed E-state index contributed by atoms with van der Waals surface area (Å²) in [6.45, 7) is 23.5. The van der Waals surface area contributed by atoms with E-state index >= 15 is 0 Å². The molecule has 10 aromatic carbocycles. The van der Waals surface area contributed by atoms with E-state index in [-0.39, 0.29) is 21.7 Å². The van der Waals surface area contributed by atoms with E-state index < -0.39 is 0 Å². The summed E-state index contributed by atoms with van der Waals surface area (Å²) in [6, 6.07) is 80.5. The van der Waals surface area contributed by atoms with Gasteiger partial charge in [0.05, 0.1) is 0 Å². The standard InChI is InChI=1S/C72H65N/c1-69(2,3)50-39-49(40-51(43-50)70(4,5)6)57-34-31-48(56-38-37-55(46-21-12-11-13-22-46)58-25-14-15-26-59(56)58)42-64(57)47-23-20-24-52(41-47)73(53-32-35-62-60-27-16-18-29-65(60)71(7,8)67(62)44-53)54-33-36-63-61-28-17-19-30-66(61)72(9,10)68(63)45-54/h11-45H,1-10H3. The molecule has 0 spiro atoms. The van der Waals surface area contributed by atoms with E-state index in [0.29, 0.717) is 0 Å². The van der Waals surface area contributed by atoms with Crippen molar-refractivity contribution in [1.29, 1.82) is 0 Å². The number of benzene rings is 10. The quantitative estimate of drug-likeness (QED) is 0.154. The Balaban J connectivity index is 1.08. The van der Waals surface area contributed by atoms with Gasteiger partial charge in [0, 0.05) is 27.9 Å². The number of hydrogen-bond acceptors (Lipinski definition) is 1. The summed E-state index contributed by atoms with van der Waals surface area (Å²) in [5, 5.41) is 2.50. The minimum atomic E-state index is -0.149. The van der Waals surface area contributed by atoms with E-state index in [1.165, 1.54) is 111 Å². The molecule has 2 aliphatic rings. The third-order valence-electron chi connectivity index (χ3n) is 16.4. The fourth-order valence-corrected chi connectivity index (χ4v) is 12.2. The highest BCUT2D eigenvalue weighted by Crippen LogP contribution is 2.54. The third-order valence-corrected chi connectivity index (χ3v) is 16.4. The van der Waals surface area contributed by atoms with Crippen LogP contribution < -0.4 is 4.90 Å². The summed E-state index contributed by atoms with van der Waals surface area (Å²) in [6.07, 6.45) is 0. The molecular formula is C72H65N. The number of anilines is 3. The molecule has 0 saturated heterocycles. The molecular weight excluding hydrogens is 879 g/mol. The van der Waals surface area contributed by atoms with Crippen molar-refractivity contribution in [2.24, 2.45) is 0 Å². The summed E-state index contributed by atoms with van der Waals surface area (Å²) in [4.78, 5) is 2.51. The fraction of sp³-hybridized carbons (Fsp3) is 0.194. The van der Waals surface area contributed by atoms with Crippen molar-refractivity contribution in [2.75, 3.05) is 4.90 Å². The van der Waals surface area contributed by atoms with Crippen LogP contribution in [0.2, 0.25) is 0 Å². The molecule has 10 aromatic rings. The Kier molecular flexibility index (Phi) is 10.7. The molecule has 1 heteroatoms. The molecule has 0 atom stereocenters. The average Bonchev–Trinajstić information content (AvgIpc) is 3.76. The monoisotopic (exact) mass is 944 g/mol. The van der Waals surface area contributed by atoms with E-state index in [4.69, 9.17) is 0 Å². The van der Waals surface area contributed by atoms with Crippen LogP contribution in [0.4, 0.5) is 17.1 Å². The van der Waals surface area contributed by atoms with Crippen molar-refractivity contribution in [3.63, 3.8) is 0 Å². The zero-order valence-electron chi connectivity index (χ0n) is 44.2. The first kappa shape index (κ1) is 46.3. The first-order chi connectivity index (χ1) is 35.0. The predicted molar refractivity (Wildman–Crippen MR) is 313 cm³/mol. The first-order valence-corrected chi connectivity index (χ1v) is 26.2. The molecule has 0 unspecified atom stereocenters. The van der Waals surface area contributed by atoms with Gasteiger partial charge in [-0.05, 0) is 164 Å². The summed E-state index contributed by atoms with van der Waals surface area (Å²) in [5.74, 6) is 0. The van der Waals surface area contributed by atoms with Crippen LogP contribution in [0.25, 0.3) is 77.5 Å². The SMILES string of the molecule is CC(C)(C)c1cc(-c2ccc(-c3ccc(-c4ccccc4)c4ccccc34)cc2-c2cccc(N(c3ccc4c(c3)C(C)(C)c3ccccc3-4)c3ccc4c(c3)C(C)(C)c3ccccc3-4)c2)cc(C(C)(C)C)c1. The Morgan fingerprint density at radius 3 is 1.25 bits per heavy atom. The summed E-state index contributed by atoms with van der Waals surface area (Å²) < 4.78 is 0. The van der Waals surface area contributed by atoms with Gasteiger partial charge in [-0.25, -0.2) is 0 Å². The van der Waals surface area contributed by atoms with Crippen LogP contribution in [0.15, 0.2) is 212 Å². The lowest BCUT2D eigenvalue weighted by Gasteiger charge is -2.30. The molecule has 0 heterocycles. The molecule has 0 aromatic heterocycles. The van der Waals surface area contributed by atoms with Crippen molar-refractivity contribution >= 4 is 27.8 Å². The van der Waals surface area contributed by atoms with E-state index in [0.717, 1.165) is 17.1 Å². The van der Waals surface area contributed by atoms with Gasteiger partial charge in [0.25, 0.3) is 0 Å². The second kappa shape index (κ2) is 16.9. The Hall–Kier alpha value is -7.74. The Labute approximate surface area is 433 Å². The normalized spacial score (nSPS) is 14.1. The van der Waals surface area contributed by atoms with Crippen LogP contribution in [0.1, 0.15) is 103 Å². The van der Waals surface area contributed by atoms with Crippen molar-refractivity contribution in [3.8, 4) is 66.8 Å². The highest BCUT2D eigenvalue weighted by atomic mass is 15.1. The van der Waals surface area contributed by atoms with Gasteiger partial charge in [-0.3, -0.25) is 0 Å². The van der Waals surface area contributed by atoms with E-state index in [1.807, 2.05) is 0 Å². The fourth-order valence-electron chi connectivity index (χ4n) is 12.2. The van der Waals surface area contributed by atoms with Crippen molar-refractivity contribution in [3.05, 3.63) is 246 Å². The molecule has 0 bridgehead atoms. The Morgan fingerprint density at radius 2 is 0.699 bits per heavy atom. The molecule has 1 nitrogen and oxygen atoms in total. The largest absolute Gasteiger partial charge is 0.310 e. The minimum absolute atomic E-state index is 0.0342. The molecule has 0 fully saturated rings. The minimum Gasteiger partial charge on any atom is -0.310 e. The zero-order valence-corrected chi connectivity index (χ0v) is 44.2. The van der Waals surface area contributed by atoms with Gasteiger partial charge >= 0.3 is 0 Å². The van der Waals surface area contributed by atoms with Gasteiger partial charge in [0.1, 0.15) is 0 Å². The third kappa shape index (κ3) is 7.75. The molecule has 358 valence electrons. The first-order valence-electron chi connectivity index (χ1n) is 26.2. The predicted octanol–water partition coefficient (Wildman–Crippen LogP) is 20.2. The molecule has 2 aliphatic carbocycles. The maximum Gasteiger partial charge on any atom is 0.0467 e. The number of rotatable bonds is 7. The van der Waals surface area contributed by atoms with Gasteiger partial charge in [0.15, 0.2) is 0 Å². The number of hydrogen-bond donors (Lipinski definition) is 0. The van der Waals surface area contributed by atoms with Crippen LogP contribution in [-0.4, -0.2) is 0 Å². The lowest BCUT2D eigenvalue weighted by Crippen LogP contribution is -2.18. The van der Waals surface area contributed by atoms with Gasteiger partial charge in [0.2, 0.25) is 0 Å². The Morgan fingerprint density at radius 1 is 0.274 bits per heavy atom. The highest BCUT2D eigenvalue weighted by molar-refractivity contribution is 6.06. The highest BCUT2D eigenvalue weighted by Gasteiger charge is 2.38. The maximum absolute atomic E-state index is 2.51. The zero-order chi connectivity index (χ0) is 50.6.